The van der Waals surface area contributed by atoms with Crippen LogP contribution in [-0.2, 0) is 4.74 Å². The first-order valence-electron chi connectivity index (χ1n) is 3.96. The van der Waals surface area contributed by atoms with E-state index in [1.807, 2.05) is 0 Å². The molecule has 0 amide bonds. The summed E-state index contributed by atoms with van der Waals surface area (Å²) in [6.07, 6.45) is 4.97. The maximum absolute atomic E-state index is 5.96. The summed E-state index contributed by atoms with van der Waals surface area (Å²) in [4.78, 5) is 0. The molecule has 60 valence electrons. The van der Waals surface area contributed by atoms with E-state index in [1.54, 1.807) is 7.11 Å². The monoisotopic (exact) mass is 143 g/mol. The maximum atomic E-state index is 5.96. The molecule has 0 bridgehead atoms. The van der Waals surface area contributed by atoms with Crippen LogP contribution in [0, 0.1) is 0 Å². The molecule has 0 aromatic heterocycles. The van der Waals surface area contributed by atoms with Gasteiger partial charge in [0.1, 0.15) is 0 Å². The lowest BCUT2D eigenvalue weighted by atomic mass is 9.82. The zero-order valence-electron chi connectivity index (χ0n) is 6.89. The van der Waals surface area contributed by atoms with Crippen LogP contribution >= 0.6 is 0 Å². The molecule has 1 fully saturated rings. The molecular weight excluding hydrogens is 126 g/mol. The Bertz CT molecular complexity index is 112. The molecule has 1 rings (SSSR count). The summed E-state index contributed by atoms with van der Waals surface area (Å²) in [6, 6.07) is 0. The maximum Gasteiger partial charge on any atom is 0.0588 e. The molecule has 2 heteroatoms. The van der Waals surface area contributed by atoms with Crippen molar-refractivity contribution in [2.24, 2.45) is 5.73 Å². The molecule has 0 heterocycles. The summed E-state index contributed by atoms with van der Waals surface area (Å²) in [5.41, 5.74) is 5.99. The Balaban J connectivity index is 2.40. The Morgan fingerprint density at radius 2 is 2.30 bits per heavy atom. The van der Waals surface area contributed by atoms with Crippen LogP contribution in [0.2, 0.25) is 0 Å². The van der Waals surface area contributed by atoms with Crippen LogP contribution in [0.1, 0.15) is 32.6 Å². The van der Waals surface area contributed by atoms with E-state index in [0.29, 0.717) is 6.10 Å². The molecule has 2 nitrogen and oxygen atoms in total. The lowest BCUT2D eigenvalue weighted by Crippen LogP contribution is -2.43. The number of ether oxygens (including phenoxy) is 1. The molecule has 1 aliphatic rings. The van der Waals surface area contributed by atoms with Crippen molar-refractivity contribution in [2.45, 2.75) is 44.2 Å². The second-order valence-corrected chi connectivity index (χ2v) is 3.61. The Hall–Kier alpha value is -0.0800. The van der Waals surface area contributed by atoms with Gasteiger partial charge in [-0.25, -0.2) is 0 Å². The molecule has 10 heavy (non-hydrogen) atoms. The van der Waals surface area contributed by atoms with Gasteiger partial charge in [0.2, 0.25) is 0 Å². The summed E-state index contributed by atoms with van der Waals surface area (Å²) in [5.74, 6) is 0. The van der Waals surface area contributed by atoms with Crippen molar-refractivity contribution in [1.82, 2.24) is 0 Å². The van der Waals surface area contributed by atoms with Crippen molar-refractivity contribution in [1.29, 1.82) is 0 Å². The van der Waals surface area contributed by atoms with Crippen LogP contribution in [0.4, 0.5) is 0 Å². The molecule has 0 aliphatic heterocycles. The van der Waals surface area contributed by atoms with Gasteiger partial charge in [-0.2, -0.15) is 0 Å². The molecule has 1 aliphatic carbocycles. The SMILES string of the molecule is CO[C@@H]1CCC[C@](C)(N)C1. The van der Waals surface area contributed by atoms with Crippen LogP contribution in [0.15, 0.2) is 0 Å². The quantitative estimate of drug-likeness (QED) is 0.600. The Morgan fingerprint density at radius 1 is 1.60 bits per heavy atom. The van der Waals surface area contributed by atoms with Gasteiger partial charge in [0.05, 0.1) is 6.10 Å². The van der Waals surface area contributed by atoms with E-state index >= 15 is 0 Å². The highest BCUT2D eigenvalue weighted by molar-refractivity contribution is 4.86. The van der Waals surface area contributed by atoms with Crippen LogP contribution < -0.4 is 5.73 Å². The van der Waals surface area contributed by atoms with Gasteiger partial charge >= 0.3 is 0 Å². The summed E-state index contributed by atoms with van der Waals surface area (Å²) < 4.78 is 5.25. The predicted octanol–water partition coefficient (Wildman–Crippen LogP) is 1.29. The van der Waals surface area contributed by atoms with E-state index in [0.717, 1.165) is 12.8 Å². The van der Waals surface area contributed by atoms with E-state index < -0.39 is 0 Å². The zero-order chi connectivity index (χ0) is 7.61. The van der Waals surface area contributed by atoms with Gasteiger partial charge in [-0.3, -0.25) is 0 Å². The predicted molar refractivity (Wildman–Crippen MR) is 41.9 cm³/mol. The highest BCUT2D eigenvalue weighted by Gasteiger charge is 2.27. The summed E-state index contributed by atoms with van der Waals surface area (Å²) in [7, 11) is 1.77. The molecule has 0 radical (unpaired) electrons. The molecule has 1 saturated carbocycles. The fourth-order valence-electron chi connectivity index (χ4n) is 1.66. The lowest BCUT2D eigenvalue weighted by molar-refractivity contribution is 0.0459. The normalized spacial score (nSPS) is 41.7. The molecular formula is C8H17NO. The van der Waals surface area contributed by atoms with Crippen LogP contribution in [0.25, 0.3) is 0 Å². The molecule has 0 unspecified atom stereocenters. The van der Waals surface area contributed by atoms with Crippen LogP contribution in [0.5, 0.6) is 0 Å². The third kappa shape index (κ3) is 1.96. The minimum absolute atomic E-state index is 0.0267. The van der Waals surface area contributed by atoms with Crippen molar-refractivity contribution >= 4 is 0 Å². The third-order valence-electron chi connectivity index (χ3n) is 2.30. The first kappa shape index (κ1) is 8.02. The van der Waals surface area contributed by atoms with Crippen LogP contribution in [0.3, 0.4) is 0 Å². The molecule has 2 atom stereocenters. The average Bonchev–Trinajstić information content (AvgIpc) is 1.86. The van der Waals surface area contributed by atoms with Gasteiger partial charge in [-0.1, -0.05) is 0 Å². The molecule has 0 spiro atoms. The highest BCUT2D eigenvalue weighted by atomic mass is 16.5. The minimum Gasteiger partial charge on any atom is -0.381 e. The fraction of sp³-hybridized carbons (Fsp3) is 1.00. The van der Waals surface area contributed by atoms with Gasteiger partial charge in [-0.15, -0.1) is 0 Å². The smallest absolute Gasteiger partial charge is 0.0588 e. The number of rotatable bonds is 1. The summed E-state index contributed by atoms with van der Waals surface area (Å²) in [5, 5.41) is 0. The van der Waals surface area contributed by atoms with E-state index in [9.17, 15) is 0 Å². The second kappa shape index (κ2) is 2.89. The lowest BCUT2D eigenvalue weighted by Gasteiger charge is -2.34. The fourth-order valence-corrected chi connectivity index (χ4v) is 1.66. The van der Waals surface area contributed by atoms with E-state index in [2.05, 4.69) is 6.92 Å². The number of hydrogen-bond acceptors (Lipinski definition) is 2. The average molecular weight is 143 g/mol. The molecule has 0 saturated heterocycles. The van der Waals surface area contributed by atoms with Crippen LogP contribution in [-0.4, -0.2) is 18.8 Å². The summed E-state index contributed by atoms with van der Waals surface area (Å²) >= 11 is 0. The largest absolute Gasteiger partial charge is 0.381 e. The van der Waals surface area contributed by atoms with E-state index in [4.69, 9.17) is 10.5 Å². The van der Waals surface area contributed by atoms with Crippen molar-refractivity contribution in [3.05, 3.63) is 0 Å². The van der Waals surface area contributed by atoms with E-state index in [1.165, 1.54) is 12.8 Å². The highest BCUT2D eigenvalue weighted by Crippen LogP contribution is 2.26. The molecule has 0 aromatic rings. The van der Waals surface area contributed by atoms with Crippen molar-refractivity contribution < 1.29 is 4.74 Å². The standard InChI is InChI=1S/C8H17NO/c1-8(9)5-3-4-7(6-8)10-2/h7H,3-6,9H2,1-2H3/t7-,8+/m1/s1. The van der Waals surface area contributed by atoms with Gasteiger partial charge in [0.25, 0.3) is 0 Å². The minimum atomic E-state index is 0.0267. The molecule has 2 N–H and O–H groups in total. The van der Waals surface area contributed by atoms with Crippen molar-refractivity contribution in [2.75, 3.05) is 7.11 Å². The first-order valence-corrected chi connectivity index (χ1v) is 3.96. The molecule has 0 aromatic carbocycles. The van der Waals surface area contributed by atoms with Gasteiger partial charge in [0.15, 0.2) is 0 Å². The number of hydrogen-bond donors (Lipinski definition) is 1. The Morgan fingerprint density at radius 3 is 2.70 bits per heavy atom. The summed E-state index contributed by atoms with van der Waals surface area (Å²) in [6.45, 7) is 2.11. The van der Waals surface area contributed by atoms with E-state index in [-0.39, 0.29) is 5.54 Å². The second-order valence-electron chi connectivity index (χ2n) is 3.61. The Labute approximate surface area is 62.7 Å². The number of methoxy groups -OCH3 is 1. The topological polar surface area (TPSA) is 35.2 Å². The first-order chi connectivity index (χ1) is 4.64. The third-order valence-corrected chi connectivity index (χ3v) is 2.30. The van der Waals surface area contributed by atoms with Gasteiger partial charge in [-0.05, 0) is 32.6 Å². The van der Waals surface area contributed by atoms with Crippen molar-refractivity contribution in [3.63, 3.8) is 0 Å². The number of nitrogens with two attached hydrogens (primary N) is 1. The van der Waals surface area contributed by atoms with Gasteiger partial charge in [0, 0.05) is 12.6 Å². The van der Waals surface area contributed by atoms with Crippen molar-refractivity contribution in [3.8, 4) is 0 Å². The Kier molecular flexibility index (Phi) is 2.32. The zero-order valence-corrected chi connectivity index (χ0v) is 6.89. The van der Waals surface area contributed by atoms with Gasteiger partial charge < -0.3 is 10.5 Å².